The molecule has 0 atom stereocenters. The molecule has 0 fully saturated rings. The van der Waals surface area contributed by atoms with E-state index in [2.05, 4.69) is 4.98 Å². The van der Waals surface area contributed by atoms with Crippen molar-refractivity contribution in [2.45, 2.75) is 0 Å². The first-order chi connectivity index (χ1) is 8.19. The Bertz CT molecular complexity index is 578. The van der Waals surface area contributed by atoms with Gasteiger partial charge in [-0.15, -0.1) is 0 Å². The third-order valence-electron chi connectivity index (χ3n) is 1.98. The number of nitriles is 1. The number of aromatic nitrogens is 1. The van der Waals surface area contributed by atoms with Crippen LogP contribution in [-0.4, -0.2) is 4.98 Å². The zero-order chi connectivity index (χ0) is 12.3. The van der Waals surface area contributed by atoms with Crippen LogP contribution < -0.4 is 4.74 Å². The molecule has 0 unspecified atom stereocenters. The second kappa shape index (κ2) is 4.81. The third kappa shape index (κ3) is 2.71. The number of hydrogen-bond donors (Lipinski definition) is 0. The molecule has 84 valence electrons. The van der Waals surface area contributed by atoms with Gasteiger partial charge in [0.1, 0.15) is 17.6 Å². The summed E-state index contributed by atoms with van der Waals surface area (Å²) in [6, 6.07) is 9.14. The lowest BCUT2D eigenvalue weighted by Gasteiger charge is -2.04. The van der Waals surface area contributed by atoms with Gasteiger partial charge in [-0.2, -0.15) is 5.26 Å². The van der Waals surface area contributed by atoms with Crippen molar-refractivity contribution in [1.29, 1.82) is 5.26 Å². The summed E-state index contributed by atoms with van der Waals surface area (Å²) in [5, 5.41) is 8.62. The lowest BCUT2D eigenvalue weighted by atomic mass is 10.3. The normalized spacial score (nSPS) is 9.71. The van der Waals surface area contributed by atoms with Gasteiger partial charge in [0.05, 0.1) is 10.6 Å². The van der Waals surface area contributed by atoms with Gasteiger partial charge in [0.25, 0.3) is 0 Å². The van der Waals surface area contributed by atoms with E-state index in [-0.39, 0.29) is 10.9 Å². The maximum Gasteiger partial charge on any atom is 0.219 e. The topological polar surface area (TPSA) is 45.9 Å². The summed E-state index contributed by atoms with van der Waals surface area (Å²) in [5.41, 5.74) is 0.430. The minimum absolute atomic E-state index is 0.0325. The van der Waals surface area contributed by atoms with Crippen LogP contribution >= 0.6 is 11.6 Å². The molecular weight excluding hydrogens is 243 g/mol. The van der Waals surface area contributed by atoms with Crippen LogP contribution in [0.2, 0.25) is 5.02 Å². The summed E-state index contributed by atoms with van der Waals surface area (Å²) < 4.78 is 18.4. The molecule has 0 amide bonds. The quantitative estimate of drug-likeness (QED) is 0.817. The van der Waals surface area contributed by atoms with E-state index in [1.54, 1.807) is 6.07 Å². The van der Waals surface area contributed by atoms with Crippen LogP contribution in [0.5, 0.6) is 11.6 Å². The molecular formula is C12H6ClFN2O. The van der Waals surface area contributed by atoms with E-state index in [1.165, 1.54) is 30.5 Å². The predicted octanol–water partition coefficient (Wildman–Crippen LogP) is 3.54. The number of nitrogens with zero attached hydrogens (tertiary/aromatic N) is 2. The summed E-state index contributed by atoms with van der Waals surface area (Å²) >= 11 is 5.54. The van der Waals surface area contributed by atoms with Crippen molar-refractivity contribution in [3.05, 3.63) is 52.9 Å². The molecule has 0 saturated heterocycles. The fraction of sp³-hybridized carbons (Fsp3) is 0. The SMILES string of the molecule is N#Cc1ccc(Oc2ccc(Cl)c(F)c2)nc1. The van der Waals surface area contributed by atoms with Gasteiger partial charge in [0, 0.05) is 18.3 Å². The van der Waals surface area contributed by atoms with E-state index in [4.69, 9.17) is 21.6 Å². The molecule has 0 aliphatic heterocycles. The summed E-state index contributed by atoms with van der Waals surface area (Å²) in [6.45, 7) is 0. The smallest absolute Gasteiger partial charge is 0.219 e. The van der Waals surface area contributed by atoms with Crippen LogP contribution in [-0.2, 0) is 0 Å². The van der Waals surface area contributed by atoms with Crippen molar-refractivity contribution in [1.82, 2.24) is 4.98 Å². The molecule has 1 aromatic carbocycles. The number of ether oxygens (including phenoxy) is 1. The maximum atomic E-state index is 13.1. The minimum atomic E-state index is -0.558. The minimum Gasteiger partial charge on any atom is -0.439 e. The van der Waals surface area contributed by atoms with E-state index >= 15 is 0 Å². The van der Waals surface area contributed by atoms with Crippen molar-refractivity contribution in [2.75, 3.05) is 0 Å². The molecule has 17 heavy (non-hydrogen) atoms. The average Bonchev–Trinajstić information content (AvgIpc) is 2.35. The number of benzene rings is 1. The van der Waals surface area contributed by atoms with Crippen LogP contribution in [0.3, 0.4) is 0 Å². The average molecular weight is 249 g/mol. The van der Waals surface area contributed by atoms with Gasteiger partial charge in [0.2, 0.25) is 5.88 Å². The van der Waals surface area contributed by atoms with E-state index in [0.717, 1.165) is 0 Å². The predicted molar refractivity (Wildman–Crippen MR) is 60.4 cm³/mol. The van der Waals surface area contributed by atoms with Crippen molar-refractivity contribution < 1.29 is 9.13 Å². The number of rotatable bonds is 2. The van der Waals surface area contributed by atoms with Crippen LogP contribution in [0.1, 0.15) is 5.56 Å². The molecule has 0 spiro atoms. The lowest BCUT2D eigenvalue weighted by Crippen LogP contribution is -1.89. The van der Waals surface area contributed by atoms with E-state index < -0.39 is 5.82 Å². The van der Waals surface area contributed by atoms with E-state index in [0.29, 0.717) is 11.3 Å². The number of halogens is 2. The van der Waals surface area contributed by atoms with E-state index in [1.807, 2.05) is 6.07 Å². The van der Waals surface area contributed by atoms with Crippen molar-refractivity contribution in [2.24, 2.45) is 0 Å². The standard InChI is InChI=1S/C12H6ClFN2O/c13-10-3-2-9(5-11(10)14)17-12-4-1-8(6-15)7-16-12/h1-5,7H. The largest absolute Gasteiger partial charge is 0.439 e. The molecule has 0 bridgehead atoms. The lowest BCUT2D eigenvalue weighted by molar-refractivity contribution is 0.458. The van der Waals surface area contributed by atoms with Crippen LogP contribution in [0.15, 0.2) is 36.5 Å². The molecule has 1 aromatic heterocycles. The summed E-state index contributed by atoms with van der Waals surface area (Å²) in [4.78, 5) is 3.90. The molecule has 5 heteroatoms. The molecule has 0 aliphatic carbocycles. The Hall–Kier alpha value is -2.12. The molecule has 2 aromatic rings. The second-order valence-electron chi connectivity index (χ2n) is 3.17. The highest BCUT2D eigenvalue weighted by Crippen LogP contribution is 2.24. The highest BCUT2D eigenvalue weighted by molar-refractivity contribution is 6.30. The van der Waals surface area contributed by atoms with Gasteiger partial charge in [-0.1, -0.05) is 11.6 Å². The Morgan fingerprint density at radius 3 is 2.71 bits per heavy atom. The zero-order valence-electron chi connectivity index (χ0n) is 8.52. The Balaban J connectivity index is 2.20. The Morgan fingerprint density at radius 2 is 2.12 bits per heavy atom. The first-order valence-electron chi connectivity index (χ1n) is 4.68. The fourth-order valence-electron chi connectivity index (χ4n) is 1.17. The molecule has 0 radical (unpaired) electrons. The molecule has 0 saturated carbocycles. The van der Waals surface area contributed by atoms with Gasteiger partial charge in [-0.3, -0.25) is 0 Å². The summed E-state index contributed by atoms with van der Waals surface area (Å²) in [5.74, 6) is 0.0210. The monoisotopic (exact) mass is 248 g/mol. The molecule has 0 aliphatic rings. The fourth-order valence-corrected chi connectivity index (χ4v) is 1.29. The Morgan fingerprint density at radius 1 is 1.29 bits per heavy atom. The van der Waals surface area contributed by atoms with Gasteiger partial charge in [-0.25, -0.2) is 9.37 Å². The summed E-state index contributed by atoms with van der Waals surface area (Å²) in [6.07, 6.45) is 1.38. The highest BCUT2D eigenvalue weighted by atomic mass is 35.5. The van der Waals surface area contributed by atoms with Crippen LogP contribution in [0.4, 0.5) is 4.39 Å². The molecule has 2 rings (SSSR count). The molecule has 1 heterocycles. The first kappa shape index (κ1) is 11.4. The van der Waals surface area contributed by atoms with Crippen molar-refractivity contribution in [3.8, 4) is 17.7 Å². The maximum absolute atomic E-state index is 13.1. The first-order valence-corrected chi connectivity index (χ1v) is 5.06. The third-order valence-corrected chi connectivity index (χ3v) is 2.29. The van der Waals surface area contributed by atoms with Gasteiger partial charge in [-0.05, 0) is 18.2 Å². The molecule has 3 nitrogen and oxygen atoms in total. The van der Waals surface area contributed by atoms with Gasteiger partial charge < -0.3 is 4.74 Å². The van der Waals surface area contributed by atoms with Crippen LogP contribution in [0.25, 0.3) is 0 Å². The zero-order valence-corrected chi connectivity index (χ0v) is 9.28. The Kier molecular flexibility index (Phi) is 3.22. The Labute approximate surface area is 102 Å². The summed E-state index contributed by atoms with van der Waals surface area (Å²) in [7, 11) is 0. The number of pyridine rings is 1. The van der Waals surface area contributed by atoms with Gasteiger partial charge in [0.15, 0.2) is 0 Å². The van der Waals surface area contributed by atoms with Gasteiger partial charge >= 0.3 is 0 Å². The highest BCUT2D eigenvalue weighted by Gasteiger charge is 2.03. The van der Waals surface area contributed by atoms with Crippen molar-refractivity contribution in [3.63, 3.8) is 0 Å². The second-order valence-corrected chi connectivity index (χ2v) is 3.58. The molecule has 0 N–H and O–H groups in total. The van der Waals surface area contributed by atoms with Crippen molar-refractivity contribution >= 4 is 11.6 Å². The van der Waals surface area contributed by atoms with E-state index in [9.17, 15) is 4.39 Å². The number of hydrogen-bond acceptors (Lipinski definition) is 3. The van der Waals surface area contributed by atoms with Crippen LogP contribution in [0, 0.1) is 17.1 Å².